The van der Waals surface area contributed by atoms with E-state index in [0.717, 1.165) is 45.6 Å². The summed E-state index contributed by atoms with van der Waals surface area (Å²) in [5.74, 6) is 0. The third-order valence-electron chi connectivity index (χ3n) is 4.40. The summed E-state index contributed by atoms with van der Waals surface area (Å²) in [6.45, 7) is 7.84. The van der Waals surface area contributed by atoms with Crippen molar-refractivity contribution in [1.82, 2.24) is 10.2 Å². The quantitative estimate of drug-likeness (QED) is 0.636. The molecule has 1 aliphatic rings. The van der Waals surface area contributed by atoms with E-state index in [1.807, 2.05) is 0 Å². The van der Waals surface area contributed by atoms with E-state index in [2.05, 4.69) is 24.1 Å². The molecule has 0 spiro atoms. The van der Waals surface area contributed by atoms with Crippen molar-refractivity contribution in [2.24, 2.45) is 0 Å². The van der Waals surface area contributed by atoms with Gasteiger partial charge in [-0.2, -0.15) is 0 Å². The normalized spacial score (nSPS) is 26.7. The fourth-order valence-electron chi connectivity index (χ4n) is 3.47. The highest BCUT2D eigenvalue weighted by atomic mass is 16.5. The largest absolute Gasteiger partial charge is 0.394 e. The molecule has 5 nitrogen and oxygen atoms in total. The molecule has 1 saturated carbocycles. The SMILES string of the molecule is COCCN(CCOC)C1CCCC(CO)(NC(C)C)C1. The summed E-state index contributed by atoms with van der Waals surface area (Å²) >= 11 is 0. The average Bonchev–Trinajstić information content (AvgIpc) is 2.47. The number of nitrogens with zero attached hydrogens (tertiary/aromatic N) is 1. The second-order valence-corrected chi connectivity index (χ2v) is 6.51. The lowest BCUT2D eigenvalue weighted by molar-refractivity contribution is 0.0302. The number of nitrogens with one attached hydrogen (secondary N) is 1. The van der Waals surface area contributed by atoms with Crippen molar-refractivity contribution in [2.75, 3.05) is 47.1 Å². The Bertz CT molecular complexity index is 268. The van der Waals surface area contributed by atoms with E-state index in [1.54, 1.807) is 14.2 Å². The van der Waals surface area contributed by atoms with Crippen molar-refractivity contribution < 1.29 is 14.6 Å². The summed E-state index contributed by atoms with van der Waals surface area (Å²) in [6.07, 6.45) is 4.39. The number of hydrogen-bond acceptors (Lipinski definition) is 5. The molecular formula is C16H34N2O3. The van der Waals surface area contributed by atoms with Gasteiger partial charge in [0.05, 0.1) is 19.8 Å². The maximum Gasteiger partial charge on any atom is 0.0613 e. The van der Waals surface area contributed by atoms with Gasteiger partial charge in [-0.3, -0.25) is 4.90 Å². The van der Waals surface area contributed by atoms with E-state index < -0.39 is 0 Å². The van der Waals surface area contributed by atoms with E-state index in [9.17, 15) is 5.11 Å². The van der Waals surface area contributed by atoms with Gasteiger partial charge in [-0.1, -0.05) is 13.8 Å². The van der Waals surface area contributed by atoms with Crippen LogP contribution in [0.25, 0.3) is 0 Å². The van der Waals surface area contributed by atoms with E-state index in [-0.39, 0.29) is 12.1 Å². The van der Waals surface area contributed by atoms with Crippen LogP contribution in [0, 0.1) is 0 Å². The molecule has 1 aliphatic carbocycles. The van der Waals surface area contributed by atoms with Gasteiger partial charge in [-0.25, -0.2) is 0 Å². The van der Waals surface area contributed by atoms with Crippen LogP contribution in [0.15, 0.2) is 0 Å². The van der Waals surface area contributed by atoms with Crippen molar-refractivity contribution in [3.8, 4) is 0 Å². The molecule has 1 rings (SSSR count). The van der Waals surface area contributed by atoms with Gasteiger partial charge in [-0.15, -0.1) is 0 Å². The fourth-order valence-corrected chi connectivity index (χ4v) is 3.47. The summed E-state index contributed by atoms with van der Waals surface area (Å²) in [6, 6.07) is 0.879. The van der Waals surface area contributed by atoms with Gasteiger partial charge in [-0.05, 0) is 25.7 Å². The lowest BCUT2D eigenvalue weighted by Gasteiger charge is -2.45. The maximum atomic E-state index is 9.91. The Morgan fingerprint density at radius 2 is 1.86 bits per heavy atom. The molecule has 0 bridgehead atoms. The van der Waals surface area contributed by atoms with Crippen LogP contribution in [0.2, 0.25) is 0 Å². The number of aliphatic hydroxyl groups is 1. The second kappa shape index (κ2) is 9.74. The molecule has 2 atom stereocenters. The summed E-state index contributed by atoms with van der Waals surface area (Å²) in [7, 11) is 3.49. The van der Waals surface area contributed by atoms with Crippen LogP contribution in [-0.4, -0.2) is 74.8 Å². The van der Waals surface area contributed by atoms with Crippen molar-refractivity contribution in [3.63, 3.8) is 0 Å². The van der Waals surface area contributed by atoms with Crippen LogP contribution in [0.3, 0.4) is 0 Å². The minimum Gasteiger partial charge on any atom is -0.394 e. The van der Waals surface area contributed by atoms with Gasteiger partial charge >= 0.3 is 0 Å². The van der Waals surface area contributed by atoms with Crippen LogP contribution in [0.4, 0.5) is 0 Å². The van der Waals surface area contributed by atoms with E-state index in [4.69, 9.17) is 9.47 Å². The van der Waals surface area contributed by atoms with Crippen LogP contribution < -0.4 is 5.32 Å². The molecular weight excluding hydrogens is 268 g/mol. The second-order valence-electron chi connectivity index (χ2n) is 6.51. The monoisotopic (exact) mass is 302 g/mol. The molecule has 126 valence electrons. The predicted octanol–water partition coefficient (Wildman–Crippen LogP) is 1.25. The number of hydrogen-bond donors (Lipinski definition) is 2. The first-order valence-corrected chi connectivity index (χ1v) is 8.17. The Morgan fingerprint density at radius 3 is 2.33 bits per heavy atom. The molecule has 0 heterocycles. The van der Waals surface area contributed by atoms with Gasteiger partial charge in [0.15, 0.2) is 0 Å². The highest BCUT2D eigenvalue weighted by Crippen LogP contribution is 2.31. The van der Waals surface area contributed by atoms with Crippen molar-refractivity contribution in [1.29, 1.82) is 0 Å². The molecule has 0 saturated heterocycles. The third-order valence-corrected chi connectivity index (χ3v) is 4.40. The first kappa shape index (κ1) is 18.8. The zero-order valence-corrected chi connectivity index (χ0v) is 14.2. The first-order valence-electron chi connectivity index (χ1n) is 8.17. The minimum absolute atomic E-state index is 0.129. The Balaban J connectivity index is 2.68. The molecule has 1 fully saturated rings. The van der Waals surface area contributed by atoms with Crippen LogP contribution in [0.1, 0.15) is 39.5 Å². The first-order chi connectivity index (χ1) is 10.1. The standard InChI is InChI=1S/C16H34N2O3/c1-14(2)17-16(13-19)7-5-6-15(12-16)18(8-10-20-3)9-11-21-4/h14-15,17,19H,5-13H2,1-4H3. The Kier molecular flexibility index (Phi) is 8.74. The summed E-state index contributed by atoms with van der Waals surface area (Å²) in [5.41, 5.74) is -0.129. The van der Waals surface area contributed by atoms with Gasteiger partial charge in [0, 0.05) is 44.9 Å². The molecule has 0 radical (unpaired) electrons. The highest BCUT2D eigenvalue weighted by molar-refractivity contribution is 4.97. The van der Waals surface area contributed by atoms with Crippen LogP contribution in [-0.2, 0) is 9.47 Å². The molecule has 5 heteroatoms. The van der Waals surface area contributed by atoms with Crippen molar-refractivity contribution >= 4 is 0 Å². The smallest absolute Gasteiger partial charge is 0.0613 e. The van der Waals surface area contributed by atoms with Gasteiger partial charge in [0.25, 0.3) is 0 Å². The summed E-state index contributed by atoms with van der Waals surface area (Å²) < 4.78 is 10.5. The Hall–Kier alpha value is -0.200. The highest BCUT2D eigenvalue weighted by Gasteiger charge is 2.38. The minimum atomic E-state index is -0.129. The van der Waals surface area contributed by atoms with Gasteiger partial charge in [0.2, 0.25) is 0 Å². The molecule has 21 heavy (non-hydrogen) atoms. The molecule has 0 aromatic carbocycles. The average molecular weight is 302 g/mol. The predicted molar refractivity (Wildman–Crippen MR) is 85.7 cm³/mol. The fraction of sp³-hybridized carbons (Fsp3) is 1.00. The molecule has 0 amide bonds. The van der Waals surface area contributed by atoms with Crippen molar-refractivity contribution in [2.45, 2.75) is 57.2 Å². The Morgan fingerprint density at radius 1 is 1.24 bits per heavy atom. The van der Waals surface area contributed by atoms with Gasteiger partial charge < -0.3 is 19.9 Å². The number of rotatable bonds is 10. The molecule has 0 aromatic heterocycles. The molecule has 2 unspecified atom stereocenters. The number of methoxy groups -OCH3 is 2. The van der Waals surface area contributed by atoms with Crippen LogP contribution >= 0.6 is 0 Å². The number of aliphatic hydroxyl groups excluding tert-OH is 1. The van der Waals surface area contributed by atoms with Crippen LogP contribution in [0.5, 0.6) is 0 Å². The summed E-state index contributed by atoms with van der Waals surface area (Å²) in [5, 5.41) is 13.5. The van der Waals surface area contributed by atoms with Crippen molar-refractivity contribution in [3.05, 3.63) is 0 Å². The third kappa shape index (κ3) is 6.20. The topological polar surface area (TPSA) is 54.0 Å². The van der Waals surface area contributed by atoms with E-state index in [0.29, 0.717) is 12.1 Å². The van der Waals surface area contributed by atoms with E-state index >= 15 is 0 Å². The molecule has 2 N–H and O–H groups in total. The lowest BCUT2D eigenvalue weighted by atomic mass is 9.78. The van der Waals surface area contributed by atoms with Gasteiger partial charge in [0.1, 0.15) is 0 Å². The number of ether oxygens (including phenoxy) is 2. The lowest BCUT2D eigenvalue weighted by Crippen LogP contribution is -2.58. The zero-order valence-electron chi connectivity index (χ0n) is 14.2. The Labute approximate surface area is 130 Å². The summed E-state index contributed by atoms with van der Waals surface area (Å²) in [4.78, 5) is 2.46. The maximum absolute atomic E-state index is 9.91. The van der Waals surface area contributed by atoms with E-state index in [1.165, 1.54) is 6.42 Å². The molecule has 0 aliphatic heterocycles. The molecule has 0 aromatic rings. The zero-order chi connectivity index (χ0) is 15.7.